The third kappa shape index (κ3) is 3.89. The van der Waals surface area contributed by atoms with Crippen LogP contribution in [0.15, 0.2) is 47.8 Å². The van der Waals surface area contributed by atoms with Crippen LogP contribution in [0.3, 0.4) is 0 Å². The van der Waals surface area contributed by atoms with Crippen molar-refractivity contribution in [2.45, 2.75) is 19.3 Å². The zero-order chi connectivity index (χ0) is 15.9. The van der Waals surface area contributed by atoms with Gasteiger partial charge in [0.15, 0.2) is 5.78 Å². The third-order valence-corrected chi connectivity index (χ3v) is 4.09. The number of hydrogen-bond acceptors (Lipinski definition) is 5. The Kier molecular flexibility index (Phi) is 5.61. The van der Waals surface area contributed by atoms with E-state index >= 15 is 0 Å². The smallest absolute Gasteiger partial charge is 0.375 e. The highest BCUT2D eigenvalue weighted by Gasteiger charge is 2.30. The average molecular weight is 316 g/mol. The molecule has 4 nitrogen and oxygen atoms in total. The molecule has 22 heavy (non-hydrogen) atoms. The Balaban J connectivity index is 2.24. The number of hydrogen-bond donors (Lipinski definition) is 0. The summed E-state index contributed by atoms with van der Waals surface area (Å²) in [7, 11) is 0. The quantitative estimate of drug-likeness (QED) is 0.447. The van der Waals surface area contributed by atoms with Gasteiger partial charge in [0.25, 0.3) is 0 Å². The van der Waals surface area contributed by atoms with E-state index in [-0.39, 0.29) is 18.8 Å². The lowest BCUT2D eigenvalue weighted by Crippen LogP contribution is -2.26. The molecule has 0 saturated heterocycles. The van der Waals surface area contributed by atoms with E-state index < -0.39 is 17.7 Å². The van der Waals surface area contributed by atoms with Crippen LogP contribution in [0.25, 0.3) is 0 Å². The highest BCUT2D eigenvalue weighted by Crippen LogP contribution is 2.25. The average Bonchev–Trinajstić information content (AvgIpc) is 3.07. The van der Waals surface area contributed by atoms with Crippen molar-refractivity contribution >= 4 is 28.9 Å². The molecule has 5 heteroatoms. The first-order chi connectivity index (χ1) is 10.6. The summed E-state index contributed by atoms with van der Waals surface area (Å²) < 4.78 is 4.78. The molecule has 1 aromatic carbocycles. The largest absolute Gasteiger partial charge is 0.460 e. The molecule has 1 atom stereocenters. The molecule has 1 unspecified atom stereocenters. The van der Waals surface area contributed by atoms with Crippen LogP contribution in [-0.4, -0.2) is 24.1 Å². The summed E-state index contributed by atoms with van der Waals surface area (Å²) in [4.78, 5) is 36.9. The van der Waals surface area contributed by atoms with Crippen LogP contribution in [0, 0.1) is 0 Å². The molecule has 0 amide bonds. The first-order valence-corrected chi connectivity index (χ1v) is 7.84. The standard InChI is InChI=1S/C17H16O4S/c1-2-21-17(20)16(19)13(12-7-4-3-5-8-12)11-14(18)15-9-6-10-22-15/h3-10,13H,2,11H2,1H3. The van der Waals surface area contributed by atoms with E-state index in [0.29, 0.717) is 10.4 Å². The highest BCUT2D eigenvalue weighted by atomic mass is 32.1. The van der Waals surface area contributed by atoms with Crippen LogP contribution < -0.4 is 0 Å². The van der Waals surface area contributed by atoms with Crippen LogP contribution >= 0.6 is 11.3 Å². The van der Waals surface area contributed by atoms with Gasteiger partial charge in [0.05, 0.1) is 17.4 Å². The number of esters is 1. The number of thiophene rings is 1. The minimum atomic E-state index is -0.893. The minimum absolute atomic E-state index is 0.0395. The number of ether oxygens (including phenoxy) is 1. The molecule has 0 saturated carbocycles. The van der Waals surface area contributed by atoms with Crippen molar-refractivity contribution in [2.75, 3.05) is 6.61 Å². The molecule has 114 valence electrons. The number of carbonyl (C=O) groups is 3. The molecule has 2 aromatic rings. The summed E-state index contributed by atoms with van der Waals surface area (Å²) >= 11 is 1.32. The van der Waals surface area contributed by atoms with Gasteiger partial charge in [0, 0.05) is 6.42 Å². The highest BCUT2D eigenvalue weighted by molar-refractivity contribution is 7.12. The lowest BCUT2D eigenvalue weighted by Gasteiger charge is -2.14. The van der Waals surface area contributed by atoms with Crippen molar-refractivity contribution in [2.24, 2.45) is 0 Å². The maximum Gasteiger partial charge on any atom is 0.375 e. The van der Waals surface area contributed by atoms with Crippen molar-refractivity contribution < 1.29 is 19.1 Å². The fraction of sp³-hybridized carbons (Fsp3) is 0.235. The van der Waals surface area contributed by atoms with Gasteiger partial charge in [-0.15, -0.1) is 11.3 Å². The maximum absolute atomic E-state index is 12.3. The Bertz CT molecular complexity index is 647. The van der Waals surface area contributed by atoms with Crippen molar-refractivity contribution in [3.05, 3.63) is 58.3 Å². The molecule has 0 radical (unpaired) electrons. The van der Waals surface area contributed by atoms with E-state index in [1.54, 1.807) is 48.7 Å². The second kappa shape index (κ2) is 7.66. The van der Waals surface area contributed by atoms with E-state index in [2.05, 4.69) is 0 Å². The molecule has 0 spiro atoms. The van der Waals surface area contributed by atoms with Crippen LogP contribution in [-0.2, 0) is 14.3 Å². The summed E-state index contributed by atoms with van der Waals surface area (Å²) in [6, 6.07) is 12.3. The molecule has 1 aromatic heterocycles. The summed E-state index contributed by atoms with van der Waals surface area (Å²) in [6.45, 7) is 1.77. The van der Waals surface area contributed by atoms with Gasteiger partial charge in [0.2, 0.25) is 5.78 Å². The van der Waals surface area contributed by atoms with E-state index in [1.165, 1.54) is 11.3 Å². The normalized spacial score (nSPS) is 11.7. The van der Waals surface area contributed by atoms with E-state index in [9.17, 15) is 14.4 Å². The van der Waals surface area contributed by atoms with Gasteiger partial charge in [0.1, 0.15) is 0 Å². The zero-order valence-electron chi connectivity index (χ0n) is 12.2. The van der Waals surface area contributed by atoms with Gasteiger partial charge < -0.3 is 4.74 Å². The lowest BCUT2D eigenvalue weighted by atomic mass is 9.89. The Hall–Kier alpha value is -2.27. The van der Waals surface area contributed by atoms with Crippen LogP contribution in [0.4, 0.5) is 0 Å². The predicted octanol–water partition coefficient (Wildman–Crippen LogP) is 3.24. The summed E-state index contributed by atoms with van der Waals surface area (Å²) in [5.74, 6) is -2.54. The molecule has 0 fully saturated rings. The molecule has 0 N–H and O–H groups in total. The van der Waals surface area contributed by atoms with Gasteiger partial charge in [-0.3, -0.25) is 9.59 Å². The Morgan fingerprint density at radius 1 is 1.09 bits per heavy atom. The van der Waals surface area contributed by atoms with Crippen LogP contribution in [0.1, 0.15) is 34.5 Å². The molecule has 0 aliphatic heterocycles. The van der Waals surface area contributed by atoms with E-state index in [1.807, 2.05) is 6.07 Å². The Morgan fingerprint density at radius 2 is 1.82 bits per heavy atom. The van der Waals surface area contributed by atoms with Crippen molar-refractivity contribution in [3.8, 4) is 0 Å². The maximum atomic E-state index is 12.3. The molecule has 1 heterocycles. The Labute approximate surface area is 132 Å². The lowest BCUT2D eigenvalue weighted by molar-refractivity contribution is -0.154. The van der Waals surface area contributed by atoms with Gasteiger partial charge in [-0.1, -0.05) is 36.4 Å². The fourth-order valence-electron chi connectivity index (χ4n) is 2.11. The van der Waals surface area contributed by atoms with Gasteiger partial charge >= 0.3 is 5.97 Å². The summed E-state index contributed by atoms with van der Waals surface area (Å²) in [5, 5.41) is 1.80. The van der Waals surface area contributed by atoms with Crippen molar-refractivity contribution in [1.82, 2.24) is 0 Å². The number of Topliss-reactive ketones (excluding diaryl/α,β-unsaturated/α-hetero) is 2. The molecular formula is C17H16O4S. The number of ketones is 2. The van der Waals surface area contributed by atoms with Crippen molar-refractivity contribution in [1.29, 1.82) is 0 Å². The SMILES string of the molecule is CCOC(=O)C(=O)C(CC(=O)c1cccs1)c1ccccc1. The molecule has 0 aliphatic rings. The van der Waals surface area contributed by atoms with Gasteiger partial charge in [-0.05, 0) is 23.9 Å². The first-order valence-electron chi connectivity index (χ1n) is 6.96. The number of rotatable bonds is 7. The molecule has 0 bridgehead atoms. The minimum Gasteiger partial charge on any atom is -0.460 e. The summed E-state index contributed by atoms with van der Waals surface area (Å²) in [5.41, 5.74) is 0.644. The predicted molar refractivity (Wildman–Crippen MR) is 84.1 cm³/mol. The second-order valence-corrected chi connectivity index (χ2v) is 5.60. The fourth-order valence-corrected chi connectivity index (χ4v) is 2.79. The van der Waals surface area contributed by atoms with Gasteiger partial charge in [-0.2, -0.15) is 0 Å². The van der Waals surface area contributed by atoms with E-state index in [4.69, 9.17) is 4.74 Å². The van der Waals surface area contributed by atoms with Gasteiger partial charge in [-0.25, -0.2) is 4.79 Å². The molecule has 0 aliphatic carbocycles. The monoisotopic (exact) mass is 316 g/mol. The molecular weight excluding hydrogens is 300 g/mol. The van der Waals surface area contributed by atoms with Crippen LogP contribution in [0.2, 0.25) is 0 Å². The topological polar surface area (TPSA) is 60.4 Å². The number of benzene rings is 1. The number of carbonyl (C=O) groups excluding carboxylic acids is 3. The van der Waals surface area contributed by atoms with Crippen LogP contribution in [0.5, 0.6) is 0 Å². The third-order valence-electron chi connectivity index (χ3n) is 3.18. The zero-order valence-corrected chi connectivity index (χ0v) is 13.0. The molecule has 2 rings (SSSR count). The van der Waals surface area contributed by atoms with E-state index in [0.717, 1.165) is 0 Å². The van der Waals surface area contributed by atoms with Crippen molar-refractivity contribution in [3.63, 3.8) is 0 Å². The second-order valence-electron chi connectivity index (χ2n) is 4.65. The summed E-state index contributed by atoms with van der Waals surface area (Å²) in [6.07, 6.45) is -0.0395. The first kappa shape index (κ1) is 16.1. The Morgan fingerprint density at radius 3 is 2.41 bits per heavy atom.